The van der Waals surface area contributed by atoms with Gasteiger partial charge in [-0.15, -0.1) is 5.10 Å². The highest BCUT2D eigenvalue weighted by Gasteiger charge is 2.35. The molecule has 0 saturated heterocycles. The van der Waals surface area contributed by atoms with Crippen LogP contribution in [0.25, 0.3) is 22.3 Å². The second-order valence-electron chi connectivity index (χ2n) is 5.52. The monoisotopic (exact) mass is 269 g/mol. The van der Waals surface area contributed by atoms with Crippen LogP contribution in [0.15, 0.2) is 30.7 Å². The number of fused-ring (bicyclic) bond motifs is 1. The van der Waals surface area contributed by atoms with E-state index in [-0.39, 0.29) is 0 Å². The van der Waals surface area contributed by atoms with Crippen LogP contribution in [-0.2, 0) is 6.54 Å². The Morgan fingerprint density at radius 2 is 2.30 bits per heavy atom. The van der Waals surface area contributed by atoms with Gasteiger partial charge in [0, 0.05) is 23.3 Å². The molecule has 0 atom stereocenters. The first-order valence-electron chi connectivity index (χ1n) is 6.78. The molecule has 1 fully saturated rings. The first kappa shape index (κ1) is 11.6. The van der Waals surface area contributed by atoms with E-state index in [0.29, 0.717) is 6.54 Å². The number of hydrogen-bond donors (Lipinski definition) is 2. The lowest BCUT2D eigenvalue weighted by molar-refractivity contribution is -0.0501. The molecule has 3 aromatic rings. The zero-order chi connectivity index (χ0) is 13.6. The number of aliphatic hydroxyl groups is 1. The Morgan fingerprint density at radius 3 is 3.10 bits per heavy atom. The largest absolute Gasteiger partial charge is 0.388 e. The summed E-state index contributed by atoms with van der Waals surface area (Å²) in [6, 6.07) is 4.01. The van der Waals surface area contributed by atoms with Crippen molar-refractivity contribution in [3.8, 4) is 11.3 Å². The van der Waals surface area contributed by atoms with Gasteiger partial charge in [-0.2, -0.15) is 0 Å². The Kier molecular flexibility index (Phi) is 2.40. The molecule has 0 aliphatic heterocycles. The topological polar surface area (TPSA) is 79.6 Å². The lowest BCUT2D eigenvalue weighted by atomic mass is 9.80. The number of aromatic amines is 1. The molecule has 20 heavy (non-hydrogen) atoms. The van der Waals surface area contributed by atoms with Crippen molar-refractivity contribution in [2.24, 2.45) is 0 Å². The first-order chi connectivity index (χ1) is 9.72. The maximum absolute atomic E-state index is 10.2. The summed E-state index contributed by atoms with van der Waals surface area (Å²) in [6.45, 7) is 0.514. The van der Waals surface area contributed by atoms with Crippen molar-refractivity contribution in [1.29, 1.82) is 0 Å². The van der Waals surface area contributed by atoms with Gasteiger partial charge in [0.2, 0.25) is 0 Å². The molecule has 6 nitrogen and oxygen atoms in total. The van der Waals surface area contributed by atoms with E-state index in [1.807, 2.05) is 24.5 Å². The number of aromatic nitrogens is 5. The lowest BCUT2D eigenvalue weighted by Crippen LogP contribution is -2.41. The van der Waals surface area contributed by atoms with E-state index in [9.17, 15) is 5.11 Å². The number of H-pyrrole nitrogens is 1. The van der Waals surface area contributed by atoms with Gasteiger partial charge in [0.05, 0.1) is 18.3 Å². The summed E-state index contributed by atoms with van der Waals surface area (Å²) in [5.74, 6) is 0. The summed E-state index contributed by atoms with van der Waals surface area (Å²) >= 11 is 0. The van der Waals surface area contributed by atoms with Crippen LogP contribution >= 0.6 is 0 Å². The third kappa shape index (κ3) is 1.89. The highest BCUT2D eigenvalue weighted by molar-refractivity contribution is 5.80. The summed E-state index contributed by atoms with van der Waals surface area (Å²) in [6.07, 6.45) is 8.30. The Hall–Kier alpha value is -2.21. The fourth-order valence-electron chi connectivity index (χ4n) is 2.63. The van der Waals surface area contributed by atoms with Crippen LogP contribution in [0.3, 0.4) is 0 Å². The average Bonchev–Trinajstić information content (AvgIpc) is 3.04. The van der Waals surface area contributed by atoms with Crippen LogP contribution < -0.4 is 0 Å². The van der Waals surface area contributed by atoms with Gasteiger partial charge in [0.1, 0.15) is 11.3 Å². The quantitative estimate of drug-likeness (QED) is 0.759. The van der Waals surface area contributed by atoms with Crippen molar-refractivity contribution < 1.29 is 5.11 Å². The van der Waals surface area contributed by atoms with Crippen LogP contribution in [-0.4, -0.2) is 35.7 Å². The van der Waals surface area contributed by atoms with Crippen LogP contribution in [0, 0.1) is 0 Å². The molecule has 1 aliphatic rings. The summed E-state index contributed by atoms with van der Waals surface area (Å²) in [7, 11) is 0. The van der Waals surface area contributed by atoms with Gasteiger partial charge in [0.25, 0.3) is 0 Å². The van der Waals surface area contributed by atoms with Crippen LogP contribution in [0.1, 0.15) is 19.3 Å². The Labute approximate surface area is 115 Å². The standard InChI is InChI=1S/C14H15N5O/c20-14(3-1-4-14)9-19-8-12(17-18-19)11-6-10-2-5-15-13(10)16-7-11/h2,5-8,20H,1,3-4,9H2,(H,15,16). The maximum atomic E-state index is 10.2. The van der Waals surface area contributed by atoms with Gasteiger partial charge in [-0.3, -0.25) is 0 Å². The second-order valence-corrected chi connectivity index (χ2v) is 5.52. The van der Waals surface area contributed by atoms with Gasteiger partial charge < -0.3 is 10.1 Å². The van der Waals surface area contributed by atoms with E-state index in [1.54, 1.807) is 10.9 Å². The van der Waals surface area contributed by atoms with Crippen molar-refractivity contribution in [3.05, 3.63) is 30.7 Å². The summed E-state index contributed by atoms with van der Waals surface area (Å²) in [5.41, 5.74) is 1.99. The van der Waals surface area contributed by atoms with E-state index in [0.717, 1.165) is 41.6 Å². The number of rotatable bonds is 3. The minimum Gasteiger partial charge on any atom is -0.388 e. The molecule has 0 unspecified atom stereocenters. The van der Waals surface area contributed by atoms with Crippen LogP contribution in [0.4, 0.5) is 0 Å². The fourth-order valence-corrected chi connectivity index (χ4v) is 2.63. The predicted molar refractivity (Wildman–Crippen MR) is 73.9 cm³/mol. The molecule has 0 spiro atoms. The molecule has 3 aromatic heterocycles. The van der Waals surface area contributed by atoms with Crippen molar-refractivity contribution in [2.75, 3.05) is 0 Å². The van der Waals surface area contributed by atoms with Crippen LogP contribution in [0.2, 0.25) is 0 Å². The molecule has 6 heteroatoms. The van der Waals surface area contributed by atoms with Crippen molar-refractivity contribution in [1.82, 2.24) is 25.0 Å². The van der Waals surface area contributed by atoms with Gasteiger partial charge in [-0.1, -0.05) is 5.21 Å². The minimum absolute atomic E-state index is 0.514. The Balaban J connectivity index is 1.63. The number of nitrogens with zero attached hydrogens (tertiary/aromatic N) is 4. The SMILES string of the molecule is OC1(Cn2cc(-c3cnc4[nH]ccc4c3)nn2)CCC1. The Morgan fingerprint density at radius 1 is 1.40 bits per heavy atom. The normalized spacial score (nSPS) is 17.2. The molecular weight excluding hydrogens is 254 g/mol. The van der Waals surface area contributed by atoms with E-state index in [1.165, 1.54) is 0 Å². The molecule has 3 heterocycles. The van der Waals surface area contributed by atoms with Crippen LogP contribution in [0.5, 0.6) is 0 Å². The Bertz CT molecular complexity index is 756. The molecule has 102 valence electrons. The molecule has 1 saturated carbocycles. The molecule has 2 N–H and O–H groups in total. The van der Waals surface area contributed by atoms with Gasteiger partial charge >= 0.3 is 0 Å². The van der Waals surface area contributed by atoms with Crippen molar-refractivity contribution in [3.63, 3.8) is 0 Å². The molecular formula is C14H15N5O. The first-order valence-corrected chi connectivity index (χ1v) is 6.78. The van der Waals surface area contributed by atoms with E-state index in [4.69, 9.17) is 0 Å². The number of nitrogens with one attached hydrogen (secondary N) is 1. The zero-order valence-corrected chi connectivity index (χ0v) is 11.0. The molecule has 0 radical (unpaired) electrons. The smallest absolute Gasteiger partial charge is 0.137 e. The molecule has 0 aromatic carbocycles. The highest BCUT2D eigenvalue weighted by atomic mass is 16.3. The third-order valence-electron chi connectivity index (χ3n) is 3.98. The zero-order valence-electron chi connectivity index (χ0n) is 11.0. The summed E-state index contributed by atoms with van der Waals surface area (Å²) in [5, 5.41) is 19.5. The molecule has 0 bridgehead atoms. The third-order valence-corrected chi connectivity index (χ3v) is 3.98. The van der Waals surface area contributed by atoms with Crippen molar-refractivity contribution >= 4 is 11.0 Å². The molecule has 1 aliphatic carbocycles. The minimum atomic E-state index is -0.589. The molecule has 4 rings (SSSR count). The summed E-state index contributed by atoms with van der Waals surface area (Å²) < 4.78 is 1.72. The fraction of sp³-hybridized carbons (Fsp3) is 0.357. The van der Waals surface area contributed by atoms with Crippen molar-refractivity contribution in [2.45, 2.75) is 31.4 Å². The lowest BCUT2D eigenvalue weighted by Gasteiger charge is -2.36. The van der Waals surface area contributed by atoms with Gasteiger partial charge in [-0.25, -0.2) is 9.67 Å². The number of pyridine rings is 1. The van der Waals surface area contributed by atoms with Gasteiger partial charge in [-0.05, 0) is 31.4 Å². The van der Waals surface area contributed by atoms with E-state index >= 15 is 0 Å². The average molecular weight is 269 g/mol. The molecule has 0 amide bonds. The predicted octanol–water partition coefficient (Wildman–Crippen LogP) is 1.74. The number of hydrogen-bond acceptors (Lipinski definition) is 4. The highest BCUT2D eigenvalue weighted by Crippen LogP contribution is 2.33. The second kappa shape index (κ2) is 4.14. The van der Waals surface area contributed by atoms with E-state index < -0.39 is 5.60 Å². The van der Waals surface area contributed by atoms with E-state index in [2.05, 4.69) is 20.3 Å². The maximum Gasteiger partial charge on any atom is 0.137 e. The summed E-state index contributed by atoms with van der Waals surface area (Å²) in [4.78, 5) is 7.41. The van der Waals surface area contributed by atoms with Gasteiger partial charge in [0.15, 0.2) is 0 Å².